The van der Waals surface area contributed by atoms with Crippen LogP contribution in [0, 0.1) is 5.92 Å². The summed E-state index contributed by atoms with van der Waals surface area (Å²) in [6.07, 6.45) is -4.43. The molecule has 21 heavy (non-hydrogen) atoms. The minimum Gasteiger partial charge on any atom is -0.312 e. The van der Waals surface area contributed by atoms with Gasteiger partial charge in [0.05, 0.1) is 11.3 Å². The summed E-state index contributed by atoms with van der Waals surface area (Å²) in [4.78, 5) is 13.1. The van der Waals surface area contributed by atoms with Crippen molar-refractivity contribution in [3.8, 4) is 0 Å². The van der Waals surface area contributed by atoms with Gasteiger partial charge in [0.25, 0.3) is 0 Å². The van der Waals surface area contributed by atoms with Crippen molar-refractivity contribution in [1.29, 1.82) is 0 Å². The molecule has 1 saturated heterocycles. The highest BCUT2D eigenvalue weighted by Crippen LogP contribution is 2.32. The first-order chi connectivity index (χ1) is 9.56. The molecule has 1 aliphatic heterocycles. The normalized spacial score (nSPS) is 20.1. The molecule has 116 valence electrons. The van der Waals surface area contributed by atoms with Crippen molar-refractivity contribution in [1.82, 2.24) is 0 Å². The average Bonchev–Trinajstić information content (AvgIpc) is 2.66. The third-order valence-corrected chi connectivity index (χ3v) is 4.39. The SMILES string of the molecule is O=C1CC(CS(=O)(=O)Cl)CN1c1ccc(C(F)(F)F)cc1. The minimum absolute atomic E-state index is 0.00692. The first-order valence-electron chi connectivity index (χ1n) is 5.96. The van der Waals surface area contributed by atoms with Gasteiger partial charge in [-0.2, -0.15) is 13.2 Å². The van der Waals surface area contributed by atoms with Gasteiger partial charge >= 0.3 is 6.18 Å². The second kappa shape index (κ2) is 5.49. The standard InChI is InChI=1S/C12H11ClF3NO3S/c13-21(19,20)7-8-5-11(18)17(6-8)10-3-1-9(2-4-10)12(14,15)16/h1-4,8H,5-7H2. The van der Waals surface area contributed by atoms with Crippen LogP contribution in [0.2, 0.25) is 0 Å². The Kier molecular flexibility index (Phi) is 4.21. The van der Waals surface area contributed by atoms with Gasteiger partial charge in [-0.15, -0.1) is 0 Å². The van der Waals surface area contributed by atoms with Gasteiger partial charge in [0, 0.05) is 35.3 Å². The zero-order valence-corrected chi connectivity index (χ0v) is 12.2. The molecule has 0 aliphatic carbocycles. The Bertz CT molecular complexity index is 643. The molecule has 0 radical (unpaired) electrons. The molecule has 0 aromatic heterocycles. The van der Waals surface area contributed by atoms with E-state index in [2.05, 4.69) is 0 Å². The van der Waals surface area contributed by atoms with Gasteiger partial charge in [-0.1, -0.05) is 0 Å². The van der Waals surface area contributed by atoms with Crippen LogP contribution >= 0.6 is 10.7 Å². The van der Waals surface area contributed by atoms with E-state index in [4.69, 9.17) is 10.7 Å². The van der Waals surface area contributed by atoms with Crippen LogP contribution in [-0.4, -0.2) is 26.6 Å². The van der Waals surface area contributed by atoms with Crippen molar-refractivity contribution >= 4 is 31.3 Å². The number of benzene rings is 1. The van der Waals surface area contributed by atoms with Crippen LogP contribution in [0.4, 0.5) is 18.9 Å². The van der Waals surface area contributed by atoms with Crippen LogP contribution in [0.1, 0.15) is 12.0 Å². The maximum atomic E-state index is 12.5. The van der Waals surface area contributed by atoms with Crippen LogP contribution in [-0.2, 0) is 20.0 Å². The molecule has 4 nitrogen and oxygen atoms in total. The summed E-state index contributed by atoms with van der Waals surface area (Å²) >= 11 is 0. The zero-order valence-electron chi connectivity index (χ0n) is 10.6. The number of hydrogen-bond donors (Lipinski definition) is 0. The van der Waals surface area contributed by atoms with E-state index in [1.165, 1.54) is 17.0 Å². The van der Waals surface area contributed by atoms with E-state index in [1.807, 2.05) is 0 Å². The summed E-state index contributed by atoms with van der Waals surface area (Å²) in [6, 6.07) is 4.15. The van der Waals surface area contributed by atoms with E-state index < -0.39 is 26.7 Å². The number of anilines is 1. The van der Waals surface area contributed by atoms with Gasteiger partial charge in [-0.3, -0.25) is 4.79 Å². The molecule has 1 fully saturated rings. The molecule has 1 aliphatic rings. The number of rotatable bonds is 3. The topological polar surface area (TPSA) is 54.5 Å². The summed E-state index contributed by atoms with van der Waals surface area (Å²) < 4.78 is 59.4. The lowest BCUT2D eigenvalue weighted by atomic mass is 10.1. The number of halogens is 4. The Morgan fingerprint density at radius 3 is 2.29 bits per heavy atom. The van der Waals surface area contributed by atoms with Crippen molar-refractivity contribution < 1.29 is 26.4 Å². The van der Waals surface area contributed by atoms with Crippen LogP contribution in [0.25, 0.3) is 0 Å². The molecule has 0 spiro atoms. The third kappa shape index (κ3) is 4.10. The first kappa shape index (κ1) is 16.1. The van der Waals surface area contributed by atoms with E-state index in [-0.39, 0.29) is 24.6 Å². The lowest BCUT2D eigenvalue weighted by molar-refractivity contribution is -0.137. The van der Waals surface area contributed by atoms with E-state index in [9.17, 15) is 26.4 Å². The Balaban J connectivity index is 2.14. The monoisotopic (exact) mass is 341 g/mol. The smallest absolute Gasteiger partial charge is 0.312 e. The fraction of sp³-hybridized carbons (Fsp3) is 0.417. The fourth-order valence-corrected chi connectivity index (χ4v) is 3.58. The predicted molar refractivity (Wildman–Crippen MR) is 71.5 cm³/mol. The van der Waals surface area contributed by atoms with Crippen molar-refractivity contribution in [2.75, 3.05) is 17.2 Å². The van der Waals surface area contributed by atoms with Crippen molar-refractivity contribution in [3.05, 3.63) is 29.8 Å². The molecule has 0 saturated carbocycles. The average molecular weight is 342 g/mol. The van der Waals surface area contributed by atoms with Gasteiger partial charge in [0.2, 0.25) is 15.0 Å². The van der Waals surface area contributed by atoms with Gasteiger partial charge in [-0.05, 0) is 24.3 Å². The van der Waals surface area contributed by atoms with Gasteiger partial charge in [-0.25, -0.2) is 8.42 Å². The summed E-state index contributed by atoms with van der Waals surface area (Å²) in [6.45, 7) is 0.121. The summed E-state index contributed by atoms with van der Waals surface area (Å²) in [5.74, 6) is -1.13. The molecule has 0 N–H and O–H groups in total. The van der Waals surface area contributed by atoms with E-state index in [1.54, 1.807) is 0 Å². The summed E-state index contributed by atoms with van der Waals surface area (Å²) in [7, 11) is 1.42. The van der Waals surface area contributed by atoms with Crippen LogP contribution in [0.15, 0.2) is 24.3 Å². The lowest BCUT2D eigenvalue weighted by Gasteiger charge is -2.17. The zero-order chi connectivity index (χ0) is 15.8. The molecule has 1 amide bonds. The van der Waals surface area contributed by atoms with Gasteiger partial charge in [0.15, 0.2) is 0 Å². The highest BCUT2D eigenvalue weighted by Gasteiger charge is 2.34. The van der Waals surface area contributed by atoms with Gasteiger partial charge < -0.3 is 4.90 Å². The summed E-state index contributed by atoms with van der Waals surface area (Å²) in [5.41, 5.74) is -0.500. The fourth-order valence-electron chi connectivity index (χ4n) is 2.25. The van der Waals surface area contributed by atoms with Crippen LogP contribution in [0.3, 0.4) is 0 Å². The Hall–Kier alpha value is -1.28. The van der Waals surface area contributed by atoms with Crippen molar-refractivity contribution in [3.63, 3.8) is 0 Å². The van der Waals surface area contributed by atoms with E-state index in [0.29, 0.717) is 5.69 Å². The number of nitrogens with zero attached hydrogens (tertiary/aromatic N) is 1. The molecular formula is C12H11ClF3NO3S. The molecule has 1 aromatic carbocycles. The third-order valence-electron chi connectivity index (χ3n) is 3.15. The molecule has 1 aromatic rings. The number of carbonyl (C=O) groups excluding carboxylic acids is 1. The second-order valence-corrected chi connectivity index (χ2v) is 7.65. The Morgan fingerprint density at radius 1 is 1.24 bits per heavy atom. The van der Waals surface area contributed by atoms with Gasteiger partial charge in [0.1, 0.15) is 0 Å². The minimum atomic E-state index is -4.44. The first-order valence-corrected chi connectivity index (χ1v) is 8.44. The van der Waals surface area contributed by atoms with Crippen molar-refractivity contribution in [2.24, 2.45) is 5.92 Å². The molecule has 0 bridgehead atoms. The lowest BCUT2D eigenvalue weighted by Crippen LogP contribution is -2.25. The number of hydrogen-bond acceptors (Lipinski definition) is 3. The van der Waals surface area contributed by atoms with Crippen LogP contribution < -0.4 is 4.90 Å². The molecule has 1 atom stereocenters. The largest absolute Gasteiger partial charge is 0.416 e. The number of alkyl halides is 3. The highest BCUT2D eigenvalue weighted by molar-refractivity contribution is 8.13. The van der Waals surface area contributed by atoms with E-state index in [0.717, 1.165) is 12.1 Å². The second-order valence-electron chi connectivity index (χ2n) is 4.82. The number of carbonyl (C=O) groups is 1. The van der Waals surface area contributed by atoms with E-state index >= 15 is 0 Å². The Labute approximate surface area is 123 Å². The predicted octanol–water partition coefficient (Wildman–Crippen LogP) is 2.63. The molecule has 2 rings (SSSR count). The quantitative estimate of drug-likeness (QED) is 0.794. The van der Waals surface area contributed by atoms with Crippen LogP contribution in [0.5, 0.6) is 0 Å². The molecule has 9 heteroatoms. The summed E-state index contributed by atoms with van der Waals surface area (Å²) in [5, 5.41) is 0. The maximum Gasteiger partial charge on any atom is 0.416 e. The molecule has 1 heterocycles. The Morgan fingerprint density at radius 2 is 1.81 bits per heavy atom. The highest BCUT2D eigenvalue weighted by atomic mass is 35.7. The van der Waals surface area contributed by atoms with Crippen molar-refractivity contribution in [2.45, 2.75) is 12.6 Å². The molecular weight excluding hydrogens is 331 g/mol. The maximum absolute atomic E-state index is 12.5. The molecule has 1 unspecified atom stereocenters. The number of amides is 1.